The number of hydrogen-bond donors (Lipinski definition) is 2. The van der Waals surface area contributed by atoms with Gasteiger partial charge in [-0.1, -0.05) is 36.4 Å². The zero-order valence-electron chi connectivity index (χ0n) is 26.4. The number of ether oxygens (including phenoxy) is 2. The van der Waals surface area contributed by atoms with E-state index in [1.54, 1.807) is 0 Å². The molecule has 0 amide bonds. The van der Waals surface area contributed by atoms with Gasteiger partial charge in [0, 0.05) is 40.7 Å². The molecule has 0 saturated heterocycles. The van der Waals surface area contributed by atoms with Crippen LogP contribution in [0.2, 0.25) is 0 Å². The van der Waals surface area contributed by atoms with Crippen molar-refractivity contribution in [2.45, 2.75) is 49.5 Å². The quantitative estimate of drug-likeness (QED) is 0.109. The molecule has 0 saturated carbocycles. The number of rotatable bonds is 10. The molecule has 2 aliphatic heterocycles. The van der Waals surface area contributed by atoms with Crippen LogP contribution in [0, 0.1) is 18.6 Å². The summed E-state index contributed by atoms with van der Waals surface area (Å²) in [6.07, 6.45) is -4.47. The molecule has 0 spiro atoms. The molecule has 2 aromatic heterocycles. The van der Waals surface area contributed by atoms with Gasteiger partial charge in [-0.2, -0.15) is 13.2 Å². The third-order valence-electron chi connectivity index (χ3n) is 9.02. The molecule has 2 N–H and O–H groups in total. The van der Waals surface area contributed by atoms with Crippen molar-refractivity contribution in [3.8, 4) is 22.6 Å². The van der Waals surface area contributed by atoms with Gasteiger partial charge in [0.05, 0.1) is 17.2 Å². The van der Waals surface area contributed by atoms with Crippen molar-refractivity contribution in [1.29, 1.82) is 0 Å². The minimum atomic E-state index is -4.90. The lowest BCUT2D eigenvalue weighted by molar-refractivity contribution is -0.138. The van der Waals surface area contributed by atoms with Crippen LogP contribution in [-0.4, -0.2) is 48.8 Å². The van der Waals surface area contributed by atoms with E-state index in [0.717, 1.165) is 23.8 Å². The summed E-state index contributed by atoms with van der Waals surface area (Å²) >= 11 is -1.91. The first-order valence-electron chi connectivity index (χ1n) is 15.6. The Kier molecular flexibility index (Phi) is 9.09. The van der Waals surface area contributed by atoms with Crippen molar-refractivity contribution in [2.75, 3.05) is 19.1 Å². The number of aryl methyl sites for hydroxylation is 1. The van der Waals surface area contributed by atoms with Crippen molar-refractivity contribution in [2.24, 2.45) is 0 Å². The van der Waals surface area contributed by atoms with Crippen molar-refractivity contribution >= 4 is 11.2 Å². The first-order chi connectivity index (χ1) is 24.0. The second kappa shape index (κ2) is 13.5. The Morgan fingerprint density at radius 1 is 1.08 bits per heavy atom. The number of H-pyrrole nitrogens is 1. The Bertz CT molecular complexity index is 2100. The fourth-order valence-corrected chi connectivity index (χ4v) is 8.45. The molecule has 260 valence electrons. The Balaban J connectivity index is 1.41. The summed E-state index contributed by atoms with van der Waals surface area (Å²) in [4.78, 5) is 14.7. The standard InChI is InChI=1S/C34H29F5N6O4S/c1-18-21(15-22-23(34(37,38)39)9-5-10-24(22)35)33-45(32(46)28(18)20-12-13-26-31(29(20)36)49-17-48-26)25(16-50(33)47)30(19-7-3-2-4-8-19)40-14-6-11-27-41-43-44-42-27/h2-5,7-10,12-13,25,30,40H,6,11,14-17H2,1H3,(H,41,42,43,44). The normalized spacial score (nSPS) is 17.3. The summed E-state index contributed by atoms with van der Waals surface area (Å²) in [7, 11) is 0. The van der Waals surface area contributed by atoms with E-state index in [1.807, 2.05) is 30.3 Å². The van der Waals surface area contributed by atoms with Crippen LogP contribution in [0.25, 0.3) is 11.1 Å². The predicted octanol–water partition coefficient (Wildman–Crippen LogP) is 5.58. The molecule has 0 bridgehead atoms. The fraction of sp³-hybridized carbons (Fsp3) is 0.294. The van der Waals surface area contributed by atoms with Gasteiger partial charge < -0.3 is 19.3 Å². The Hall–Kier alpha value is -4.80. The highest BCUT2D eigenvalue weighted by Gasteiger charge is 2.45. The summed E-state index contributed by atoms with van der Waals surface area (Å²) in [5, 5.41) is 17.2. The number of nitrogens with one attached hydrogen (secondary N) is 2. The number of nitrogens with zero attached hydrogens (tertiary/aromatic N) is 4. The van der Waals surface area contributed by atoms with Crippen LogP contribution in [0.15, 0.2) is 70.5 Å². The summed E-state index contributed by atoms with van der Waals surface area (Å²) in [5.41, 5.74) is -2.06. The zero-order chi connectivity index (χ0) is 35.2. The monoisotopic (exact) mass is 712 g/mol. The SMILES string of the molecule is Cc1c(Cc2c(F)cccc2C(F)(F)F)c2n(c(=O)c1-c1ccc3c(c1F)OCO3)C(C(NCCCc1nnn[nH]1)c1ccccc1)C[S+]2[O-]. The average molecular weight is 713 g/mol. The first kappa shape index (κ1) is 33.7. The van der Waals surface area contributed by atoms with E-state index >= 15 is 8.78 Å². The predicted molar refractivity (Wildman–Crippen MR) is 171 cm³/mol. The van der Waals surface area contributed by atoms with Crippen LogP contribution in [0.5, 0.6) is 11.5 Å². The fourth-order valence-electron chi connectivity index (χ4n) is 6.70. The van der Waals surface area contributed by atoms with Gasteiger partial charge in [-0.3, -0.25) is 9.36 Å². The van der Waals surface area contributed by atoms with Crippen LogP contribution in [-0.2, 0) is 30.2 Å². The summed E-state index contributed by atoms with van der Waals surface area (Å²) in [6, 6.07) is 13.1. The number of tetrazole rings is 1. The molecule has 10 nitrogen and oxygen atoms in total. The van der Waals surface area contributed by atoms with E-state index in [2.05, 4.69) is 25.9 Å². The Labute approximate surface area is 284 Å². The smallest absolute Gasteiger partial charge is 0.416 e. The van der Waals surface area contributed by atoms with E-state index in [0.29, 0.717) is 25.2 Å². The minimum Gasteiger partial charge on any atom is -0.610 e. The summed E-state index contributed by atoms with van der Waals surface area (Å²) in [6.45, 7) is 1.62. The molecule has 0 aliphatic carbocycles. The van der Waals surface area contributed by atoms with Crippen LogP contribution >= 0.6 is 0 Å². The minimum absolute atomic E-state index is 0.0331. The number of benzene rings is 3. The van der Waals surface area contributed by atoms with Crippen LogP contribution in [0.1, 0.15) is 52.1 Å². The van der Waals surface area contributed by atoms with Crippen molar-refractivity contribution in [3.05, 3.63) is 116 Å². The van der Waals surface area contributed by atoms with Gasteiger partial charge in [-0.25, -0.2) is 13.9 Å². The van der Waals surface area contributed by atoms with Crippen molar-refractivity contribution in [1.82, 2.24) is 30.5 Å². The van der Waals surface area contributed by atoms with Gasteiger partial charge in [-0.05, 0) is 65.7 Å². The number of pyridine rings is 1. The highest BCUT2D eigenvalue weighted by molar-refractivity contribution is 7.91. The molecule has 4 heterocycles. The van der Waals surface area contributed by atoms with Gasteiger partial charge in [-0.15, -0.1) is 5.10 Å². The maximum absolute atomic E-state index is 16.1. The van der Waals surface area contributed by atoms with E-state index in [1.165, 1.54) is 23.6 Å². The molecule has 0 fully saturated rings. The molecular weight excluding hydrogens is 683 g/mol. The number of fused-ring (bicyclic) bond motifs is 2. The van der Waals surface area contributed by atoms with Crippen molar-refractivity contribution in [3.63, 3.8) is 0 Å². The second-order valence-electron chi connectivity index (χ2n) is 11.9. The second-order valence-corrected chi connectivity index (χ2v) is 13.3. The summed E-state index contributed by atoms with van der Waals surface area (Å²) < 4.78 is 100.0. The zero-order valence-corrected chi connectivity index (χ0v) is 27.2. The average Bonchev–Trinajstić information content (AvgIpc) is 3.86. The maximum atomic E-state index is 16.1. The molecular formula is C34H29F5N6O4S. The molecule has 50 heavy (non-hydrogen) atoms. The molecule has 5 aromatic rings. The molecule has 0 radical (unpaired) electrons. The van der Waals surface area contributed by atoms with E-state index in [9.17, 15) is 22.5 Å². The Morgan fingerprint density at radius 2 is 1.88 bits per heavy atom. The number of halogens is 5. The van der Waals surface area contributed by atoms with Crippen LogP contribution in [0.4, 0.5) is 22.0 Å². The van der Waals surface area contributed by atoms with Gasteiger partial charge in [0.1, 0.15) is 23.4 Å². The molecule has 7 rings (SSSR count). The van der Waals surface area contributed by atoms with E-state index in [4.69, 9.17) is 9.47 Å². The third-order valence-corrected chi connectivity index (χ3v) is 10.5. The lowest BCUT2D eigenvalue weighted by Gasteiger charge is -2.26. The number of aromatic nitrogens is 5. The van der Waals surface area contributed by atoms with Crippen molar-refractivity contribution < 1.29 is 36.0 Å². The molecule has 3 unspecified atom stereocenters. The van der Waals surface area contributed by atoms with Gasteiger partial charge in [0.25, 0.3) is 5.56 Å². The molecule has 2 aliphatic rings. The highest BCUT2D eigenvalue weighted by Crippen LogP contribution is 2.45. The highest BCUT2D eigenvalue weighted by atomic mass is 32.2. The van der Waals surface area contributed by atoms with E-state index < -0.39 is 64.2 Å². The number of alkyl halides is 3. The van der Waals surface area contributed by atoms with E-state index in [-0.39, 0.29) is 51.3 Å². The first-order valence-corrected chi connectivity index (χ1v) is 17.0. The van der Waals surface area contributed by atoms with Gasteiger partial charge in [0.15, 0.2) is 11.6 Å². The maximum Gasteiger partial charge on any atom is 0.416 e. The molecule has 3 aromatic carbocycles. The van der Waals surface area contributed by atoms with Gasteiger partial charge in [0.2, 0.25) is 17.6 Å². The Morgan fingerprint density at radius 3 is 2.62 bits per heavy atom. The van der Waals surface area contributed by atoms with Crippen LogP contribution < -0.4 is 20.3 Å². The van der Waals surface area contributed by atoms with Gasteiger partial charge >= 0.3 is 6.18 Å². The van der Waals surface area contributed by atoms with Crippen LogP contribution in [0.3, 0.4) is 0 Å². The lowest BCUT2D eigenvalue weighted by Crippen LogP contribution is -2.36. The third kappa shape index (κ3) is 6.11. The molecule has 3 atom stereocenters. The lowest BCUT2D eigenvalue weighted by atomic mass is 9.91. The number of hydrogen-bond acceptors (Lipinski definition) is 8. The topological polar surface area (TPSA) is 130 Å². The number of aromatic amines is 1. The summed E-state index contributed by atoms with van der Waals surface area (Å²) in [5.74, 6) is -1.62. The molecule has 16 heteroatoms. The largest absolute Gasteiger partial charge is 0.610 e.